The van der Waals surface area contributed by atoms with Crippen molar-refractivity contribution in [1.82, 2.24) is 31.5 Å². The lowest BCUT2D eigenvalue weighted by atomic mass is 10.00. The molecule has 3 fully saturated rings. The molecule has 0 unspecified atom stereocenters. The lowest BCUT2D eigenvalue weighted by Crippen LogP contribution is -2.61. The summed E-state index contributed by atoms with van der Waals surface area (Å²) >= 11 is 0. The molecule has 6 atom stereocenters. The van der Waals surface area contributed by atoms with E-state index >= 15 is 0 Å². The van der Waals surface area contributed by atoms with Crippen LogP contribution in [0, 0.1) is 11.8 Å². The van der Waals surface area contributed by atoms with Gasteiger partial charge in [-0.2, -0.15) is 0 Å². The van der Waals surface area contributed by atoms with Gasteiger partial charge in [0.1, 0.15) is 30.2 Å². The molecule has 14 heteroatoms. The highest BCUT2D eigenvalue weighted by Gasteiger charge is 2.45. The molecule has 0 aliphatic carbocycles. The van der Waals surface area contributed by atoms with E-state index in [0.29, 0.717) is 32.1 Å². The van der Waals surface area contributed by atoms with Crippen molar-refractivity contribution >= 4 is 41.4 Å². The molecular formula is C27H42N6O8. The van der Waals surface area contributed by atoms with Gasteiger partial charge < -0.3 is 36.6 Å². The van der Waals surface area contributed by atoms with Gasteiger partial charge in [-0.15, -0.1) is 0 Å². The monoisotopic (exact) mass is 578 g/mol. The zero-order valence-electron chi connectivity index (χ0n) is 24.0. The smallest absolute Gasteiger partial charge is 0.305 e. The summed E-state index contributed by atoms with van der Waals surface area (Å²) in [6.07, 6.45) is 2.09. The summed E-state index contributed by atoms with van der Waals surface area (Å²) in [5, 5.41) is 22.2. The maximum atomic E-state index is 13.6. The highest BCUT2D eigenvalue weighted by atomic mass is 16.4. The van der Waals surface area contributed by atoms with E-state index in [-0.39, 0.29) is 18.4 Å². The molecule has 0 aromatic heterocycles. The fourth-order valence-electron chi connectivity index (χ4n) is 5.69. The van der Waals surface area contributed by atoms with Gasteiger partial charge in [-0.1, -0.05) is 27.7 Å². The quantitative estimate of drug-likeness (QED) is 0.233. The Labute approximate surface area is 239 Å². The Bertz CT molecular complexity index is 1060. The maximum Gasteiger partial charge on any atom is 0.305 e. The molecular weight excluding hydrogens is 536 g/mol. The minimum atomic E-state index is -1.54. The highest BCUT2D eigenvalue weighted by Crippen LogP contribution is 2.32. The Balaban J connectivity index is 1.97. The average Bonchev–Trinajstić information content (AvgIpc) is 3.24. The van der Waals surface area contributed by atoms with Gasteiger partial charge in [0.25, 0.3) is 0 Å². The molecule has 3 rings (SSSR count). The van der Waals surface area contributed by atoms with Gasteiger partial charge in [-0.05, 0) is 50.4 Å². The van der Waals surface area contributed by atoms with Crippen LogP contribution in [0.1, 0.15) is 72.6 Å². The van der Waals surface area contributed by atoms with Gasteiger partial charge in [0.15, 0.2) is 0 Å². The number of rotatable bonds is 5. The number of carbonyl (C=O) groups is 7. The van der Waals surface area contributed by atoms with Crippen LogP contribution < -0.4 is 26.6 Å². The van der Waals surface area contributed by atoms with Crippen molar-refractivity contribution in [3.8, 4) is 0 Å². The van der Waals surface area contributed by atoms with Crippen molar-refractivity contribution < 1.29 is 38.7 Å². The number of fused-ring (bicyclic) bond motifs is 1. The predicted octanol–water partition coefficient (Wildman–Crippen LogP) is -1.22. The van der Waals surface area contributed by atoms with E-state index in [2.05, 4.69) is 26.6 Å². The number of hydrogen-bond donors (Lipinski definition) is 6. The molecule has 2 bridgehead atoms. The van der Waals surface area contributed by atoms with Crippen LogP contribution in [-0.2, 0) is 33.6 Å². The van der Waals surface area contributed by atoms with E-state index in [4.69, 9.17) is 0 Å². The van der Waals surface area contributed by atoms with E-state index in [1.54, 1.807) is 13.8 Å². The topological polar surface area (TPSA) is 203 Å². The van der Waals surface area contributed by atoms with Crippen LogP contribution in [0.3, 0.4) is 0 Å². The first-order chi connectivity index (χ1) is 19.3. The SMILES string of the molecule is CC(C)C[C@@H]1NC(=O)CNC(=O)[C@@H]2CC[C@@H]3CCC[C@H](NC(=O)[C@H](C(C)C)NC(=O)[C@H](CC(=O)O)NC1=O)C(=O)N32. The summed E-state index contributed by atoms with van der Waals surface area (Å²) in [6.45, 7) is 6.56. The van der Waals surface area contributed by atoms with Crippen LogP contribution in [0.25, 0.3) is 0 Å². The third-order valence-electron chi connectivity index (χ3n) is 7.74. The molecule has 0 aromatic carbocycles. The van der Waals surface area contributed by atoms with E-state index in [1.165, 1.54) is 4.90 Å². The van der Waals surface area contributed by atoms with E-state index < -0.39 is 90.5 Å². The van der Waals surface area contributed by atoms with Gasteiger partial charge in [0.2, 0.25) is 35.4 Å². The Kier molecular flexibility index (Phi) is 10.7. The normalized spacial score (nSPS) is 30.4. The third kappa shape index (κ3) is 8.17. The van der Waals surface area contributed by atoms with Crippen LogP contribution in [0.4, 0.5) is 0 Å². The molecule has 228 valence electrons. The Morgan fingerprint density at radius 1 is 0.829 bits per heavy atom. The number of carbonyl (C=O) groups excluding carboxylic acids is 6. The number of aliphatic carboxylic acids is 1. The van der Waals surface area contributed by atoms with Crippen LogP contribution >= 0.6 is 0 Å². The number of nitrogens with zero attached hydrogens (tertiary/aromatic N) is 1. The van der Waals surface area contributed by atoms with Crippen LogP contribution in [0.5, 0.6) is 0 Å². The second-order valence-corrected chi connectivity index (χ2v) is 11.8. The molecule has 0 aromatic rings. The van der Waals surface area contributed by atoms with Gasteiger partial charge in [-0.25, -0.2) is 0 Å². The molecule has 3 heterocycles. The second kappa shape index (κ2) is 13.8. The first-order valence-corrected chi connectivity index (χ1v) is 14.3. The van der Waals surface area contributed by atoms with Crippen molar-refractivity contribution in [2.24, 2.45) is 11.8 Å². The molecule has 41 heavy (non-hydrogen) atoms. The molecule has 0 saturated carbocycles. The summed E-state index contributed by atoms with van der Waals surface area (Å²) < 4.78 is 0. The minimum Gasteiger partial charge on any atom is -0.481 e. The number of carboxylic acids is 1. The van der Waals surface area contributed by atoms with Gasteiger partial charge in [0.05, 0.1) is 13.0 Å². The molecule has 3 aliphatic rings. The summed E-state index contributed by atoms with van der Waals surface area (Å²) in [5.74, 6) is -5.69. The molecule has 6 amide bonds. The summed E-state index contributed by atoms with van der Waals surface area (Å²) in [7, 11) is 0. The number of carboxylic acid groups (broad SMARTS) is 1. The molecule has 14 nitrogen and oxygen atoms in total. The Hall–Kier alpha value is -3.71. The molecule has 0 radical (unpaired) electrons. The summed E-state index contributed by atoms with van der Waals surface area (Å²) in [4.78, 5) is 92.3. The van der Waals surface area contributed by atoms with Crippen molar-refractivity contribution in [3.05, 3.63) is 0 Å². The van der Waals surface area contributed by atoms with Crippen molar-refractivity contribution in [1.29, 1.82) is 0 Å². The lowest BCUT2D eigenvalue weighted by molar-refractivity contribution is -0.144. The van der Waals surface area contributed by atoms with Crippen molar-refractivity contribution in [3.63, 3.8) is 0 Å². The van der Waals surface area contributed by atoms with Crippen LogP contribution in [-0.4, -0.2) is 94.2 Å². The minimum absolute atomic E-state index is 0.0586. The number of hydrogen-bond acceptors (Lipinski definition) is 7. The fourth-order valence-corrected chi connectivity index (χ4v) is 5.69. The molecule has 0 spiro atoms. The predicted molar refractivity (Wildman–Crippen MR) is 145 cm³/mol. The van der Waals surface area contributed by atoms with Gasteiger partial charge >= 0.3 is 5.97 Å². The Morgan fingerprint density at radius 3 is 2.15 bits per heavy atom. The van der Waals surface area contributed by atoms with Crippen LogP contribution in [0.2, 0.25) is 0 Å². The first kappa shape index (κ1) is 31.8. The first-order valence-electron chi connectivity index (χ1n) is 14.3. The molecule has 6 N–H and O–H groups in total. The van der Waals surface area contributed by atoms with Crippen LogP contribution in [0.15, 0.2) is 0 Å². The molecule has 3 aliphatic heterocycles. The van der Waals surface area contributed by atoms with Crippen molar-refractivity contribution in [2.75, 3.05) is 6.54 Å². The maximum absolute atomic E-state index is 13.6. The van der Waals surface area contributed by atoms with Gasteiger partial charge in [0, 0.05) is 6.04 Å². The summed E-state index contributed by atoms with van der Waals surface area (Å²) in [5.41, 5.74) is 0. The third-order valence-corrected chi connectivity index (χ3v) is 7.74. The standard InChI is InChI=1S/C27H42N6O8/c1-13(2)10-17-23(37)31-18(11-21(35)36)24(38)32-22(14(3)4)26(40)30-16-7-5-6-15-8-9-19(33(15)27(16)41)25(39)28-12-20(34)29-17/h13-19,22H,5-12H2,1-4H3,(H,28,39)(H,29,34)(H,30,40)(H,31,37)(H,32,38)(H,35,36)/t15-,16-,17-,18-,19-,22-/m0/s1. The number of nitrogens with one attached hydrogen (secondary N) is 5. The lowest BCUT2D eigenvalue weighted by Gasteiger charge is -2.32. The van der Waals surface area contributed by atoms with E-state index in [9.17, 15) is 38.7 Å². The van der Waals surface area contributed by atoms with E-state index in [1.807, 2.05) is 13.8 Å². The zero-order valence-corrected chi connectivity index (χ0v) is 24.0. The zero-order chi connectivity index (χ0) is 30.4. The van der Waals surface area contributed by atoms with E-state index in [0.717, 1.165) is 0 Å². The molecule has 3 saturated heterocycles. The second-order valence-electron chi connectivity index (χ2n) is 11.8. The van der Waals surface area contributed by atoms with Crippen molar-refractivity contribution in [2.45, 2.75) is 109 Å². The summed E-state index contributed by atoms with van der Waals surface area (Å²) in [6, 6.07) is -5.68. The largest absolute Gasteiger partial charge is 0.481 e. The highest BCUT2D eigenvalue weighted by molar-refractivity contribution is 5.98. The average molecular weight is 579 g/mol. The fraction of sp³-hybridized carbons (Fsp3) is 0.741. The Morgan fingerprint density at radius 2 is 1.51 bits per heavy atom. The van der Waals surface area contributed by atoms with Gasteiger partial charge in [-0.3, -0.25) is 33.6 Å². The number of amides is 6.